The average Bonchev–Trinajstić information content (AvgIpc) is 2.08. The van der Waals surface area contributed by atoms with E-state index in [0.29, 0.717) is 0 Å². The van der Waals surface area contributed by atoms with Gasteiger partial charge >= 0.3 is 0 Å². The zero-order chi connectivity index (χ0) is 9.30. The molecule has 0 bridgehead atoms. The van der Waals surface area contributed by atoms with E-state index in [1.54, 1.807) is 22.6 Å². The van der Waals surface area contributed by atoms with Gasteiger partial charge in [-0.05, 0) is 22.6 Å². The van der Waals surface area contributed by atoms with Gasteiger partial charge in [0.1, 0.15) is 28.5 Å². The molecule has 1 aliphatic rings. The molecule has 1 aliphatic heterocycles. The molecule has 6 heteroatoms. The topological polar surface area (TPSA) is 90.2 Å². The summed E-state index contributed by atoms with van der Waals surface area (Å²) in [4.78, 5) is 0. The minimum atomic E-state index is -1.25. The average molecular weight is 290 g/mol. The van der Waals surface area contributed by atoms with Crippen LogP contribution in [0.3, 0.4) is 0 Å². The van der Waals surface area contributed by atoms with Crippen LogP contribution in [-0.2, 0) is 4.74 Å². The molecule has 0 amide bonds. The molecule has 0 unspecified atom stereocenters. The summed E-state index contributed by atoms with van der Waals surface area (Å²) >= 11 is 1.79. The Balaban J connectivity index is 2.63. The van der Waals surface area contributed by atoms with Gasteiger partial charge in [0, 0.05) is 0 Å². The number of halogens is 1. The summed E-state index contributed by atoms with van der Waals surface area (Å²) in [6.45, 7) is -0.371. The van der Waals surface area contributed by atoms with Crippen molar-refractivity contribution in [2.75, 3.05) is 6.61 Å². The zero-order valence-corrected chi connectivity index (χ0v) is 8.33. The molecule has 0 spiro atoms. The number of ether oxygens (including phenoxy) is 1. The number of hydrogen-bond acceptors (Lipinski definition) is 5. The van der Waals surface area contributed by atoms with Crippen molar-refractivity contribution in [2.45, 2.75) is 28.5 Å². The maximum atomic E-state index is 9.23. The van der Waals surface area contributed by atoms with Crippen LogP contribution in [0.15, 0.2) is 0 Å². The lowest BCUT2D eigenvalue weighted by Crippen LogP contribution is -2.56. The summed E-state index contributed by atoms with van der Waals surface area (Å²) in [5.41, 5.74) is 0. The number of hydrogen-bond donors (Lipinski definition) is 4. The van der Waals surface area contributed by atoms with Crippen molar-refractivity contribution in [3.05, 3.63) is 0 Å². The Morgan fingerprint density at radius 3 is 2.17 bits per heavy atom. The highest BCUT2D eigenvalue weighted by Crippen LogP contribution is 2.24. The van der Waals surface area contributed by atoms with E-state index in [4.69, 9.17) is 9.84 Å². The van der Waals surface area contributed by atoms with E-state index in [0.717, 1.165) is 0 Å². The van der Waals surface area contributed by atoms with Gasteiger partial charge in [0.05, 0.1) is 6.61 Å². The van der Waals surface area contributed by atoms with Crippen molar-refractivity contribution in [2.24, 2.45) is 0 Å². The Hall–Kier alpha value is 0.530. The fourth-order valence-corrected chi connectivity index (χ4v) is 1.86. The van der Waals surface area contributed by atoms with Crippen LogP contribution in [-0.4, -0.2) is 55.6 Å². The molecule has 0 saturated carbocycles. The predicted molar refractivity (Wildman–Crippen MR) is 47.8 cm³/mol. The minimum Gasteiger partial charge on any atom is -0.394 e. The monoisotopic (exact) mass is 290 g/mol. The molecule has 0 aromatic heterocycles. The fraction of sp³-hybridized carbons (Fsp3) is 1.00. The second-order valence-electron chi connectivity index (χ2n) is 2.68. The number of alkyl halides is 1. The molecular weight excluding hydrogens is 279 g/mol. The predicted octanol–water partition coefficient (Wildman–Crippen LogP) is -1.78. The van der Waals surface area contributed by atoms with E-state index in [-0.39, 0.29) is 6.61 Å². The van der Waals surface area contributed by atoms with Crippen LogP contribution in [0.4, 0.5) is 0 Å². The number of rotatable bonds is 1. The molecular formula is C6H11IO5. The molecule has 1 rings (SSSR count). The van der Waals surface area contributed by atoms with Crippen molar-refractivity contribution in [3.63, 3.8) is 0 Å². The van der Waals surface area contributed by atoms with Gasteiger partial charge in [-0.2, -0.15) is 0 Å². The highest BCUT2D eigenvalue weighted by atomic mass is 127. The molecule has 0 aliphatic carbocycles. The third kappa shape index (κ3) is 1.88. The normalized spacial score (nSPS) is 49.2. The lowest BCUT2D eigenvalue weighted by molar-refractivity contribution is -0.201. The largest absolute Gasteiger partial charge is 0.394 e. The molecule has 1 heterocycles. The van der Waals surface area contributed by atoms with Crippen LogP contribution in [0.25, 0.3) is 0 Å². The van der Waals surface area contributed by atoms with Crippen LogP contribution >= 0.6 is 22.6 Å². The van der Waals surface area contributed by atoms with E-state index < -0.39 is 28.5 Å². The maximum absolute atomic E-state index is 9.23. The van der Waals surface area contributed by atoms with Crippen LogP contribution in [0.5, 0.6) is 0 Å². The van der Waals surface area contributed by atoms with Crippen molar-refractivity contribution < 1.29 is 25.2 Å². The van der Waals surface area contributed by atoms with Gasteiger partial charge in [-0.25, -0.2) is 0 Å². The first-order valence-electron chi connectivity index (χ1n) is 3.52. The Bertz CT molecular complexity index is 150. The van der Waals surface area contributed by atoms with Crippen molar-refractivity contribution >= 4 is 22.6 Å². The second kappa shape index (κ2) is 4.16. The van der Waals surface area contributed by atoms with Gasteiger partial charge in [0.25, 0.3) is 0 Å². The Kier molecular flexibility index (Phi) is 3.68. The Morgan fingerprint density at radius 1 is 1.08 bits per heavy atom. The van der Waals surface area contributed by atoms with E-state index >= 15 is 0 Å². The molecule has 12 heavy (non-hydrogen) atoms. The molecule has 4 N–H and O–H groups in total. The molecule has 0 aromatic carbocycles. The third-order valence-corrected chi connectivity index (χ3v) is 2.86. The van der Waals surface area contributed by atoms with E-state index in [1.807, 2.05) is 0 Å². The van der Waals surface area contributed by atoms with Gasteiger partial charge in [0.15, 0.2) is 0 Å². The third-order valence-electron chi connectivity index (χ3n) is 1.83. The summed E-state index contributed by atoms with van der Waals surface area (Å²) in [6.07, 6.45) is -4.40. The van der Waals surface area contributed by atoms with Gasteiger partial charge < -0.3 is 25.2 Å². The molecule has 5 nitrogen and oxygen atoms in total. The van der Waals surface area contributed by atoms with Crippen LogP contribution in [0.1, 0.15) is 0 Å². The van der Waals surface area contributed by atoms with E-state index in [2.05, 4.69) is 0 Å². The summed E-state index contributed by atoms with van der Waals surface area (Å²) in [5, 5.41) is 36.4. The molecule has 0 radical (unpaired) electrons. The first-order valence-corrected chi connectivity index (χ1v) is 4.77. The van der Waals surface area contributed by atoms with Crippen LogP contribution < -0.4 is 0 Å². The summed E-state index contributed by atoms with van der Waals surface area (Å²) < 4.78 is 4.41. The van der Waals surface area contributed by atoms with Crippen LogP contribution in [0.2, 0.25) is 0 Å². The standard InChI is InChI=1S/C6H11IO5/c7-6-5(11)4(10)3(9)2(1-8)12-6/h2-6,8-11H,1H2/t2-,3-,4+,5-,6+/m1/s1. The van der Waals surface area contributed by atoms with Crippen molar-refractivity contribution in [1.29, 1.82) is 0 Å². The van der Waals surface area contributed by atoms with Gasteiger partial charge in [0.2, 0.25) is 0 Å². The fourth-order valence-electron chi connectivity index (χ4n) is 1.06. The molecule has 1 saturated heterocycles. The maximum Gasteiger partial charge on any atom is 0.137 e. The highest BCUT2D eigenvalue weighted by Gasteiger charge is 2.42. The SMILES string of the molecule is OC[C@H]1O[C@H](I)[C@H](O)[C@@H](O)[C@@H]1O. The Morgan fingerprint density at radius 2 is 1.67 bits per heavy atom. The molecule has 1 fully saturated rings. The summed E-state index contributed by atoms with van der Waals surface area (Å²) in [7, 11) is 0. The lowest BCUT2D eigenvalue weighted by Gasteiger charge is -2.37. The van der Waals surface area contributed by atoms with Gasteiger partial charge in [-0.3, -0.25) is 0 Å². The minimum absolute atomic E-state index is 0.371. The molecule has 72 valence electrons. The highest BCUT2D eigenvalue weighted by molar-refractivity contribution is 14.1. The summed E-state index contributed by atoms with van der Waals surface area (Å²) in [5.74, 6) is 0. The zero-order valence-electron chi connectivity index (χ0n) is 6.17. The van der Waals surface area contributed by atoms with Crippen LogP contribution in [0, 0.1) is 0 Å². The van der Waals surface area contributed by atoms with Crippen molar-refractivity contribution in [3.8, 4) is 0 Å². The molecule has 5 atom stereocenters. The van der Waals surface area contributed by atoms with E-state index in [1.165, 1.54) is 0 Å². The summed E-state index contributed by atoms with van der Waals surface area (Å²) in [6, 6.07) is 0. The van der Waals surface area contributed by atoms with Crippen molar-refractivity contribution in [1.82, 2.24) is 0 Å². The van der Waals surface area contributed by atoms with Gasteiger partial charge in [-0.1, -0.05) is 0 Å². The molecule has 0 aromatic rings. The lowest BCUT2D eigenvalue weighted by atomic mass is 10.0. The smallest absolute Gasteiger partial charge is 0.137 e. The first kappa shape index (κ1) is 10.6. The quantitative estimate of drug-likeness (QED) is 0.339. The first-order chi connectivity index (χ1) is 5.57. The number of aliphatic hydroxyl groups is 4. The Labute approximate surface area is 83.1 Å². The second-order valence-corrected chi connectivity index (χ2v) is 3.91. The van der Waals surface area contributed by atoms with E-state index in [9.17, 15) is 15.3 Å². The number of aliphatic hydroxyl groups excluding tert-OH is 4. The van der Waals surface area contributed by atoms with Gasteiger partial charge in [-0.15, -0.1) is 0 Å².